The third-order valence-electron chi connectivity index (χ3n) is 5.46. The van der Waals surface area contributed by atoms with Crippen LogP contribution in [0.4, 0.5) is 0 Å². The minimum Gasteiger partial charge on any atom is -0.393 e. The first kappa shape index (κ1) is 15.6. The molecule has 2 saturated heterocycles. The van der Waals surface area contributed by atoms with Crippen LogP contribution < -0.4 is 0 Å². The summed E-state index contributed by atoms with van der Waals surface area (Å²) in [5.74, 6) is -0.00451. The zero-order chi connectivity index (χ0) is 16.2. The van der Waals surface area contributed by atoms with Crippen molar-refractivity contribution in [3.05, 3.63) is 17.5 Å². The largest absolute Gasteiger partial charge is 0.393 e. The average molecular weight is 356 g/mol. The monoisotopic (exact) mass is 356 g/mol. The van der Waals surface area contributed by atoms with Crippen LogP contribution in [0.25, 0.3) is 0 Å². The maximum absolute atomic E-state index is 12.8. The number of carbonyl (C=O) groups excluding carboxylic acids is 1. The maximum atomic E-state index is 12.8. The molecule has 1 aromatic rings. The molecule has 2 aliphatic heterocycles. The Hall–Kier alpha value is -0.960. The Morgan fingerprint density at radius 1 is 1.30 bits per heavy atom. The lowest BCUT2D eigenvalue weighted by Crippen LogP contribution is -2.63. The fraction of sp³-hybridized carbons (Fsp3) is 0.667. The fourth-order valence-corrected chi connectivity index (χ4v) is 6.83. The van der Waals surface area contributed by atoms with Gasteiger partial charge in [0.25, 0.3) is 10.0 Å². The van der Waals surface area contributed by atoms with E-state index >= 15 is 0 Å². The Morgan fingerprint density at radius 3 is 2.61 bits per heavy atom. The molecular weight excluding hydrogens is 336 g/mol. The number of likely N-dealkylation sites (tertiary alicyclic amines) is 1. The van der Waals surface area contributed by atoms with Gasteiger partial charge < -0.3 is 10.0 Å². The molecule has 1 N–H and O–H groups in total. The van der Waals surface area contributed by atoms with Crippen molar-refractivity contribution in [1.29, 1.82) is 0 Å². The second kappa shape index (κ2) is 5.27. The molecule has 0 aromatic carbocycles. The van der Waals surface area contributed by atoms with Gasteiger partial charge in [-0.05, 0) is 37.1 Å². The summed E-state index contributed by atoms with van der Waals surface area (Å²) >= 11 is 1.24. The molecule has 0 bridgehead atoms. The number of thiophene rings is 1. The van der Waals surface area contributed by atoms with Gasteiger partial charge in [0, 0.05) is 25.6 Å². The molecule has 23 heavy (non-hydrogen) atoms. The van der Waals surface area contributed by atoms with Gasteiger partial charge in [0.1, 0.15) is 4.21 Å². The van der Waals surface area contributed by atoms with E-state index in [1.165, 1.54) is 11.3 Å². The lowest BCUT2D eigenvalue weighted by Gasteiger charge is -2.49. The van der Waals surface area contributed by atoms with E-state index in [-0.39, 0.29) is 17.9 Å². The number of aliphatic hydroxyl groups is 1. The van der Waals surface area contributed by atoms with E-state index in [4.69, 9.17) is 0 Å². The van der Waals surface area contributed by atoms with Crippen molar-refractivity contribution in [1.82, 2.24) is 9.21 Å². The summed E-state index contributed by atoms with van der Waals surface area (Å²) in [5, 5.41) is 11.1. The standard InChI is InChI=1S/C15H20N2O4S2/c18-12-8-11(9-12)14(19)16-5-3-15(10-16)4-6-17(15)23(20,21)13-2-1-7-22-13/h1-2,7,11-12,18H,3-6,8-10H2. The second-order valence-corrected chi connectivity index (χ2v) is 9.85. The third-order valence-corrected chi connectivity index (χ3v) is 8.83. The van der Waals surface area contributed by atoms with Gasteiger partial charge in [-0.3, -0.25) is 4.79 Å². The first-order chi connectivity index (χ1) is 10.9. The highest BCUT2D eigenvalue weighted by atomic mass is 32.2. The van der Waals surface area contributed by atoms with Crippen LogP contribution in [0.2, 0.25) is 0 Å². The number of hydrogen-bond donors (Lipinski definition) is 1. The molecule has 0 radical (unpaired) electrons. The maximum Gasteiger partial charge on any atom is 0.253 e. The van der Waals surface area contributed by atoms with Crippen molar-refractivity contribution in [2.75, 3.05) is 19.6 Å². The van der Waals surface area contributed by atoms with Crippen LogP contribution in [0.5, 0.6) is 0 Å². The minimum atomic E-state index is -3.45. The number of sulfonamides is 1. The Morgan fingerprint density at radius 2 is 2.04 bits per heavy atom. The van der Waals surface area contributed by atoms with Crippen LogP contribution >= 0.6 is 11.3 Å². The summed E-state index contributed by atoms with van der Waals surface area (Å²) in [4.78, 5) is 14.2. The van der Waals surface area contributed by atoms with Crippen molar-refractivity contribution in [3.8, 4) is 0 Å². The van der Waals surface area contributed by atoms with Crippen LogP contribution in [0.1, 0.15) is 25.7 Å². The molecular formula is C15H20N2O4S2. The summed E-state index contributed by atoms with van der Waals surface area (Å²) in [6.45, 7) is 1.63. The highest BCUT2D eigenvalue weighted by Gasteiger charge is 2.56. The molecule has 1 amide bonds. The first-order valence-electron chi connectivity index (χ1n) is 7.96. The normalized spacial score (nSPS) is 34.4. The molecule has 6 nitrogen and oxygen atoms in total. The Kier molecular flexibility index (Phi) is 3.57. The highest BCUT2D eigenvalue weighted by Crippen LogP contribution is 2.44. The van der Waals surface area contributed by atoms with Crippen LogP contribution in [0, 0.1) is 5.92 Å². The Bertz CT molecular complexity index is 712. The summed E-state index contributed by atoms with van der Waals surface area (Å²) < 4.78 is 27.5. The number of carbonyl (C=O) groups is 1. The molecule has 1 aliphatic carbocycles. The number of nitrogens with zero attached hydrogens (tertiary/aromatic N) is 2. The van der Waals surface area contributed by atoms with Gasteiger partial charge in [0.2, 0.25) is 5.91 Å². The van der Waals surface area contributed by atoms with Crippen LogP contribution in [0.15, 0.2) is 21.7 Å². The molecule has 1 saturated carbocycles. The van der Waals surface area contributed by atoms with Gasteiger partial charge in [-0.2, -0.15) is 4.31 Å². The van der Waals surface area contributed by atoms with E-state index in [2.05, 4.69) is 0 Å². The fourth-order valence-electron chi connectivity index (χ4n) is 3.91. The van der Waals surface area contributed by atoms with E-state index in [0.717, 1.165) is 6.42 Å². The minimum absolute atomic E-state index is 0.0764. The summed E-state index contributed by atoms with van der Waals surface area (Å²) in [5.41, 5.74) is -0.416. The number of amides is 1. The molecule has 1 unspecified atom stereocenters. The smallest absolute Gasteiger partial charge is 0.253 e. The third kappa shape index (κ3) is 2.34. The van der Waals surface area contributed by atoms with E-state index in [1.54, 1.807) is 26.7 Å². The Balaban J connectivity index is 1.49. The summed E-state index contributed by atoms with van der Waals surface area (Å²) in [7, 11) is -3.45. The Labute approximate surface area is 139 Å². The van der Waals surface area contributed by atoms with Crippen LogP contribution in [-0.2, 0) is 14.8 Å². The highest BCUT2D eigenvalue weighted by molar-refractivity contribution is 7.91. The quantitative estimate of drug-likeness (QED) is 0.872. The number of hydrogen-bond acceptors (Lipinski definition) is 5. The molecule has 4 rings (SSSR count). The number of aliphatic hydroxyl groups excluding tert-OH is 1. The SMILES string of the molecule is O=C(C1CC(O)C1)N1CCC2(CCN2S(=O)(=O)c2cccs2)C1. The topological polar surface area (TPSA) is 77.9 Å². The van der Waals surface area contributed by atoms with Gasteiger partial charge >= 0.3 is 0 Å². The second-order valence-electron chi connectivity index (χ2n) is 6.82. The van der Waals surface area contributed by atoms with Crippen LogP contribution in [-0.4, -0.2) is 59.9 Å². The van der Waals surface area contributed by atoms with Crippen molar-refractivity contribution in [3.63, 3.8) is 0 Å². The molecule has 1 aromatic heterocycles. The molecule has 1 spiro atoms. The van der Waals surface area contributed by atoms with Crippen molar-refractivity contribution >= 4 is 27.3 Å². The summed E-state index contributed by atoms with van der Waals surface area (Å²) in [6, 6.07) is 3.38. The van der Waals surface area contributed by atoms with Crippen LogP contribution in [0.3, 0.4) is 0 Å². The average Bonchev–Trinajstić information content (AvgIpc) is 3.11. The van der Waals surface area contributed by atoms with E-state index < -0.39 is 15.6 Å². The predicted octanol–water partition coefficient (Wildman–Crippen LogP) is 0.884. The van der Waals surface area contributed by atoms with Gasteiger partial charge in [0.05, 0.1) is 11.6 Å². The van der Waals surface area contributed by atoms with Crippen molar-refractivity contribution < 1.29 is 18.3 Å². The van der Waals surface area contributed by atoms with Gasteiger partial charge in [0.15, 0.2) is 0 Å². The van der Waals surface area contributed by atoms with Gasteiger partial charge in [-0.25, -0.2) is 8.42 Å². The van der Waals surface area contributed by atoms with Gasteiger partial charge in [-0.1, -0.05) is 6.07 Å². The van der Waals surface area contributed by atoms with E-state index in [9.17, 15) is 18.3 Å². The van der Waals surface area contributed by atoms with Crippen molar-refractivity contribution in [2.24, 2.45) is 5.92 Å². The predicted molar refractivity (Wildman–Crippen MR) is 85.5 cm³/mol. The summed E-state index contributed by atoms with van der Waals surface area (Å²) in [6.07, 6.45) is 2.26. The van der Waals surface area contributed by atoms with Gasteiger partial charge in [-0.15, -0.1) is 11.3 Å². The molecule has 126 valence electrons. The lowest BCUT2D eigenvalue weighted by molar-refractivity contribution is -0.142. The molecule has 8 heteroatoms. The number of rotatable bonds is 3. The van der Waals surface area contributed by atoms with E-state index in [1.807, 2.05) is 0 Å². The zero-order valence-electron chi connectivity index (χ0n) is 12.7. The molecule has 3 aliphatic rings. The van der Waals surface area contributed by atoms with Crippen molar-refractivity contribution in [2.45, 2.75) is 41.5 Å². The molecule has 1 atom stereocenters. The molecule has 3 fully saturated rings. The molecule has 3 heterocycles. The first-order valence-corrected chi connectivity index (χ1v) is 10.3. The van der Waals surface area contributed by atoms with E-state index in [0.29, 0.717) is 43.1 Å². The zero-order valence-corrected chi connectivity index (χ0v) is 14.4. The lowest BCUT2D eigenvalue weighted by atomic mass is 9.81.